The number of benzene rings is 2. The highest BCUT2D eigenvalue weighted by molar-refractivity contribution is 5.99. The summed E-state index contributed by atoms with van der Waals surface area (Å²) in [6, 6.07) is 20.3. The lowest BCUT2D eigenvalue weighted by Crippen LogP contribution is -2.50. The molecular weight excluding hydrogens is 350 g/mol. The number of nitrogens with zero attached hydrogens (tertiary/aromatic N) is 3. The van der Waals surface area contributed by atoms with E-state index >= 15 is 0 Å². The highest BCUT2D eigenvalue weighted by Gasteiger charge is 2.26. The van der Waals surface area contributed by atoms with Gasteiger partial charge in [0.2, 0.25) is 5.91 Å². The molecule has 0 bridgehead atoms. The fraction of sp³-hybridized carbons (Fsp3) is 0.304. The van der Waals surface area contributed by atoms with Gasteiger partial charge >= 0.3 is 0 Å². The lowest BCUT2D eigenvalue weighted by atomic mass is 10.2. The fourth-order valence-electron chi connectivity index (χ4n) is 3.87. The number of fused-ring (bicyclic) bond motifs is 1. The number of rotatable bonds is 4. The van der Waals surface area contributed by atoms with Crippen LogP contribution in [0.4, 0.5) is 0 Å². The number of aromatic nitrogens is 1. The Morgan fingerprint density at radius 2 is 1.50 bits per heavy atom. The van der Waals surface area contributed by atoms with Crippen molar-refractivity contribution < 1.29 is 9.59 Å². The van der Waals surface area contributed by atoms with Crippen LogP contribution in [0, 0.1) is 0 Å². The minimum atomic E-state index is 0.0377. The van der Waals surface area contributed by atoms with Crippen LogP contribution in [0.15, 0.2) is 60.7 Å². The maximum absolute atomic E-state index is 13.3. The van der Waals surface area contributed by atoms with Gasteiger partial charge in [-0.1, -0.05) is 55.5 Å². The first kappa shape index (κ1) is 18.3. The monoisotopic (exact) mass is 375 g/mol. The number of amides is 2. The van der Waals surface area contributed by atoms with Gasteiger partial charge in [-0.15, -0.1) is 0 Å². The molecule has 5 heteroatoms. The molecule has 5 nitrogen and oxygen atoms in total. The molecule has 144 valence electrons. The molecule has 0 aliphatic carbocycles. The number of hydrogen-bond donors (Lipinski definition) is 0. The Morgan fingerprint density at radius 3 is 2.21 bits per heavy atom. The molecule has 28 heavy (non-hydrogen) atoms. The van der Waals surface area contributed by atoms with E-state index in [-0.39, 0.29) is 11.8 Å². The number of carbonyl (C=O) groups is 2. The molecule has 2 heterocycles. The zero-order valence-corrected chi connectivity index (χ0v) is 16.2. The zero-order valence-electron chi connectivity index (χ0n) is 16.2. The second-order valence-corrected chi connectivity index (χ2v) is 7.19. The van der Waals surface area contributed by atoms with Crippen molar-refractivity contribution in [3.63, 3.8) is 0 Å². The summed E-state index contributed by atoms with van der Waals surface area (Å²) >= 11 is 0. The first-order chi connectivity index (χ1) is 13.7. The Hall–Kier alpha value is -3.08. The Balaban J connectivity index is 1.62. The molecule has 0 spiro atoms. The van der Waals surface area contributed by atoms with Crippen LogP contribution in [0.25, 0.3) is 10.9 Å². The predicted octanol–water partition coefficient (Wildman–Crippen LogP) is 3.38. The smallest absolute Gasteiger partial charge is 0.270 e. The van der Waals surface area contributed by atoms with Crippen LogP contribution >= 0.6 is 0 Å². The van der Waals surface area contributed by atoms with Crippen molar-refractivity contribution in [3.8, 4) is 0 Å². The van der Waals surface area contributed by atoms with Crippen molar-refractivity contribution >= 4 is 22.7 Å². The molecule has 0 unspecified atom stereocenters. The second kappa shape index (κ2) is 7.89. The standard InChI is InChI=1S/C23H25N3O2/c1-2-22(27)24-12-14-25(15-13-24)23(28)21-16-19-10-6-7-11-20(19)26(21)17-18-8-4-3-5-9-18/h3-11,16H,2,12-15,17H2,1H3. The maximum atomic E-state index is 13.3. The zero-order chi connectivity index (χ0) is 19.5. The van der Waals surface area contributed by atoms with Crippen LogP contribution in [0.3, 0.4) is 0 Å². The minimum absolute atomic E-state index is 0.0377. The van der Waals surface area contributed by atoms with Crippen LogP contribution in [0.2, 0.25) is 0 Å². The summed E-state index contributed by atoms with van der Waals surface area (Å²) in [6.07, 6.45) is 0.513. The molecule has 2 aromatic carbocycles. The minimum Gasteiger partial charge on any atom is -0.339 e. The number of carbonyl (C=O) groups excluding carboxylic acids is 2. The third-order valence-electron chi connectivity index (χ3n) is 5.44. The van der Waals surface area contributed by atoms with E-state index in [9.17, 15) is 9.59 Å². The van der Waals surface area contributed by atoms with Gasteiger partial charge in [0.25, 0.3) is 5.91 Å². The summed E-state index contributed by atoms with van der Waals surface area (Å²) in [6.45, 7) is 4.91. The van der Waals surface area contributed by atoms with Crippen LogP contribution in [0.1, 0.15) is 29.4 Å². The van der Waals surface area contributed by atoms with Gasteiger partial charge in [-0.2, -0.15) is 0 Å². The van der Waals surface area contributed by atoms with Gasteiger partial charge in [0.05, 0.1) is 0 Å². The maximum Gasteiger partial charge on any atom is 0.270 e. The van der Waals surface area contributed by atoms with Crippen molar-refractivity contribution in [2.75, 3.05) is 26.2 Å². The van der Waals surface area contributed by atoms with Crippen molar-refractivity contribution in [2.45, 2.75) is 19.9 Å². The largest absolute Gasteiger partial charge is 0.339 e. The molecule has 1 aromatic heterocycles. The third-order valence-corrected chi connectivity index (χ3v) is 5.44. The normalized spacial score (nSPS) is 14.5. The molecule has 0 atom stereocenters. The van der Waals surface area contributed by atoms with Crippen molar-refractivity contribution in [2.24, 2.45) is 0 Å². The van der Waals surface area contributed by atoms with Gasteiger partial charge in [-0.3, -0.25) is 9.59 Å². The first-order valence-corrected chi connectivity index (χ1v) is 9.86. The Bertz CT molecular complexity index is 986. The lowest BCUT2D eigenvalue weighted by molar-refractivity contribution is -0.132. The molecule has 4 rings (SSSR count). The Morgan fingerprint density at radius 1 is 0.857 bits per heavy atom. The highest BCUT2D eigenvalue weighted by atomic mass is 16.2. The van der Waals surface area contributed by atoms with Gasteiger partial charge in [0, 0.05) is 50.0 Å². The molecule has 1 fully saturated rings. The predicted molar refractivity (Wildman–Crippen MR) is 110 cm³/mol. The van der Waals surface area contributed by atoms with E-state index in [2.05, 4.69) is 22.8 Å². The molecule has 1 aliphatic rings. The lowest BCUT2D eigenvalue weighted by Gasteiger charge is -2.34. The van der Waals surface area contributed by atoms with Gasteiger partial charge in [-0.25, -0.2) is 0 Å². The van der Waals surface area contributed by atoms with Crippen LogP contribution in [-0.4, -0.2) is 52.4 Å². The van der Waals surface area contributed by atoms with Gasteiger partial charge < -0.3 is 14.4 Å². The second-order valence-electron chi connectivity index (χ2n) is 7.19. The fourth-order valence-corrected chi connectivity index (χ4v) is 3.87. The summed E-state index contributed by atoms with van der Waals surface area (Å²) in [4.78, 5) is 29.0. The van der Waals surface area contributed by atoms with Crippen LogP contribution < -0.4 is 0 Å². The van der Waals surface area contributed by atoms with E-state index in [1.807, 2.05) is 59.2 Å². The van der Waals surface area contributed by atoms with Gasteiger partial charge in [-0.05, 0) is 17.7 Å². The van der Waals surface area contributed by atoms with E-state index in [1.165, 1.54) is 0 Å². The number of piperazine rings is 1. The number of para-hydroxylation sites is 1. The summed E-state index contributed by atoms with van der Waals surface area (Å²) in [7, 11) is 0. The van der Waals surface area contributed by atoms with E-state index in [0.717, 1.165) is 16.5 Å². The summed E-state index contributed by atoms with van der Waals surface area (Å²) in [5.41, 5.74) is 2.94. The van der Waals surface area contributed by atoms with Gasteiger partial charge in [0.15, 0.2) is 0 Å². The molecule has 2 amide bonds. The Labute approximate surface area is 165 Å². The average molecular weight is 375 g/mol. The third kappa shape index (κ3) is 3.52. The van der Waals surface area contributed by atoms with Gasteiger partial charge in [0.1, 0.15) is 5.69 Å². The van der Waals surface area contributed by atoms with Crippen molar-refractivity contribution in [1.29, 1.82) is 0 Å². The molecule has 0 radical (unpaired) electrons. The average Bonchev–Trinajstić information content (AvgIpc) is 3.12. The van der Waals surface area contributed by atoms with E-state index in [0.29, 0.717) is 44.8 Å². The quantitative estimate of drug-likeness (QED) is 0.702. The topological polar surface area (TPSA) is 45.6 Å². The molecular formula is C23H25N3O2. The highest BCUT2D eigenvalue weighted by Crippen LogP contribution is 2.23. The summed E-state index contributed by atoms with van der Waals surface area (Å²) < 4.78 is 2.11. The van der Waals surface area contributed by atoms with E-state index < -0.39 is 0 Å². The molecule has 0 saturated carbocycles. The van der Waals surface area contributed by atoms with E-state index in [1.54, 1.807) is 0 Å². The SMILES string of the molecule is CCC(=O)N1CCN(C(=O)c2cc3ccccc3n2Cc2ccccc2)CC1. The number of hydrogen-bond acceptors (Lipinski definition) is 2. The van der Waals surface area contributed by atoms with E-state index in [4.69, 9.17) is 0 Å². The molecule has 1 saturated heterocycles. The molecule has 0 N–H and O–H groups in total. The van der Waals surface area contributed by atoms with Crippen molar-refractivity contribution in [3.05, 3.63) is 71.9 Å². The van der Waals surface area contributed by atoms with Crippen LogP contribution in [-0.2, 0) is 11.3 Å². The molecule has 3 aromatic rings. The van der Waals surface area contributed by atoms with Crippen LogP contribution in [0.5, 0.6) is 0 Å². The summed E-state index contributed by atoms with van der Waals surface area (Å²) in [5.74, 6) is 0.195. The first-order valence-electron chi connectivity index (χ1n) is 9.86. The Kier molecular flexibility index (Phi) is 5.15. The summed E-state index contributed by atoms with van der Waals surface area (Å²) in [5, 5.41) is 1.07. The molecule has 1 aliphatic heterocycles. The van der Waals surface area contributed by atoms with Crippen molar-refractivity contribution in [1.82, 2.24) is 14.4 Å².